The number of carbonyl (C=O) groups excluding carboxylic acids is 2. The molecule has 2 amide bonds. The van der Waals surface area contributed by atoms with Crippen LogP contribution in [0.2, 0.25) is 0 Å². The number of allylic oxidation sites excluding steroid dienone is 2. The summed E-state index contributed by atoms with van der Waals surface area (Å²) in [6.45, 7) is 5.58. The van der Waals surface area contributed by atoms with Crippen molar-refractivity contribution in [3.8, 4) is 0 Å². The summed E-state index contributed by atoms with van der Waals surface area (Å²) in [6, 6.07) is 6.72. The second-order valence-electron chi connectivity index (χ2n) is 8.87. The van der Waals surface area contributed by atoms with Gasteiger partial charge in [0.15, 0.2) is 0 Å². The molecule has 2 saturated heterocycles. The van der Waals surface area contributed by atoms with E-state index in [4.69, 9.17) is 0 Å². The van der Waals surface area contributed by atoms with Gasteiger partial charge in [-0.3, -0.25) is 34.4 Å². The van der Waals surface area contributed by atoms with E-state index in [2.05, 4.69) is 22.0 Å². The highest BCUT2D eigenvalue weighted by atomic mass is 16.6. The third kappa shape index (κ3) is 3.33. The average Bonchev–Trinajstić information content (AvgIpc) is 3.42. The highest BCUT2D eigenvalue weighted by Gasteiger charge is 2.59. The minimum absolute atomic E-state index is 0.0404. The van der Waals surface area contributed by atoms with Crippen molar-refractivity contribution in [3.05, 3.63) is 52.1 Å². The number of non-ortho nitro benzene ring substituents is 1. The SMILES string of the molecule is O=C1[C@@H]2[C@H](C(=O)N1CCN1CCN(Cc3ccc([N+](=O)[O-])cc3)CC1)[C@@H]1C=C[C@H]2C1. The molecule has 0 aromatic heterocycles. The lowest BCUT2D eigenvalue weighted by atomic mass is 9.85. The summed E-state index contributed by atoms with van der Waals surface area (Å²) in [6.07, 6.45) is 5.23. The first-order valence-electron chi connectivity index (χ1n) is 10.7. The smallest absolute Gasteiger partial charge is 0.269 e. The fourth-order valence-corrected chi connectivity index (χ4v) is 5.58. The average molecular weight is 410 g/mol. The quantitative estimate of drug-likeness (QED) is 0.306. The monoisotopic (exact) mass is 410 g/mol. The molecule has 1 saturated carbocycles. The summed E-state index contributed by atoms with van der Waals surface area (Å²) in [5.74, 6) is 0.406. The van der Waals surface area contributed by atoms with Gasteiger partial charge in [0, 0.05) is 57.9 Å². The van der Waals surface area contributed by atoms with Crippen LogP contribution >= 0.6 is 0 Å². The molecule has 2 heterocycles. The fraction of sp³-hybridized carbons (Fsp3) is 0.545. The van der Waals surface area contributed by atoms with Crippen molar-refractivity contribution in [3.63, 3.8) is 0 Å². The molecule has 5 rings (SSSR count). The van der Waals surface area contributed by atoms with E-state index in [1.54, 1.807) is 12.1 Å². The van der Waals surface area contributed by atoms with Crippen LogP contribution in [0.15, 0.2) is 36.4 Å². The van der Waals surface area contributed by atoms with E-state index in [-0.39, 0.29) is 46.1 Å². The number of nitro benzene ring substituents is 1. The molecule has 0 spiro atoms. The number of nitro groups is 1. The number of likely N-dealkylation sites (tertiary alicyclic amines) is 1. The van der Waals surface area contributed by atoms with Gasteiger partial charge in [0.1, 0.15) is 0 Å². The second-order valence-corrected chi connectivity index (χ2v) is 8.87. The third-order valence-corrected chi connectivity index (χ3v) is 7.22. The van der Waals surface area contributed by atoms with E-state index in [1.165, 1.54) is 4.90 Å². The first-order chi connectivity index (χ1) is 14.5. The molecule has 4 atom stereocenters. The maximum Gasteiger partial charge on any atom is 0.269 e. The zero-order valence-electron chi connectivity index (χ0n) is 16.9. The van der Waals surface area contributed by atoms with Gasteiger partial charge in [-0.1, -0.05) is 24.3 Å². The molecule has 0 unspecified atom stereocenters. The van der Waals surface area contributed by atoms with Crippen molar-refractivity contribution in [2.45, 2.75) is 13.0 Å². The van der Waals surface area contributed by atoms with Gasteiger partial charge in [0.25, 0.3) is 5.69 Å². The van der Waals surface area contributed by atoms with Crippen LogP contribution in [-0.4, -0.2) is 70.7 Å². The van der Waals surface area contributed by atoms with Gasteiger partial charge in [-0.15, -0.1) is 0 Å². The molecule has 4 aliphatic rings. The van der Waals surface area contributed by atoms with Gasteiger partial charge in [0.2, 0.25) is 11.8 Å². The molecular formula is C22H26N4O4. The largest absolute Gasteiger partial charge is 0.299 e. The molecule has 158 valence electrons. The molecule has 1 aromatic rings. The number of hydrogen-bond acceptors (Lipinski definition) is 6. The number of amides is 2. The molecular weight excluding hydrogens is 384 g/mol. The maximum atomic E-state index is 12.8. The Morgan fingerprint density at radius 1 is 0.867 bits per heavy atom. The van der Waals surface area contributed by atoms with Crippen LogP contribution in [0.4, 0.5) is 5.69 Å². The van der Waals surface area contributed by atoms with E-state index in [0.717, 1.165) is 51.3 Å². The summed E-state index contributed by atoms with van der Waals surface area (Å²) in [5, 5.41) is 10.8. The molecule has 30 heavy (non-hydrogen) atoms. The van der Waals surface area contributed by atoms with E-state index in [1.807, 2.05) is 12.1 Å². The standard InChI is InChI=1S/C22H26N4O4/c27-21-19-16-3-4-17(13-16)20(19)22(28)25(21)12-11-23-7-9-24(10-8-23)14-15-1-5-18(6-2-15)26(29)30/h1-6,16-17,19-20H,7-14H2/t16-,17+,19-,20+. The van der Waals surface area contributed by atoms with E-state index in [0.29, 0.717) is 6.54 Å². The molecule has 2 aliphatic carbocycles. The number of nitrogens with zero attached hydrogens (tertiary/aromatic N) is 4. The minimum Gasteiger partial charge on any atom is -0.299 e. The van der Waals surface area contributed by atoms with Crippen LogP contribution < -0.4 is 0 Å². The van der Waals surface area contributed by atoms with Crippen LogP contribution in [0.5, 0.6) is 0 Å². The molecule has 8 nitrogen and oxygen atoms in total. The fourth-order valence-electron chi connectivity index (χ4n) is 5.58. The Labute approximate surface area is 175 Å². The zero-order chi connectivity index (χ0) is 20.8. The Morgan fingerprint density at radius 2 is 1.43 bits per heavy atom. The van der Waals surface area contributed by atoms with Crippen molar-refractivity contribution in [2.24, 2.45) is 23.7 Å². The van der Waals surface area contributed by atoms with E-state index >= 15 is 0 Å². The molecule has 1 aromatic carbocycles. The van der Waals surface area contributed by atoms with Gasteiger partial charge < -0.3 is 0 Å². The molecule has 2 bridgehead atoms. The van der Waals surface area contributed by atoms with Crippen LogP contribution in [0, 0.1) is 33.8 Å². The van der Waals surface area contributed by atoms with Gasteiger partial charge in [-0.05, 0) is 23.8 Å². The van der Waals surface area contributed by atoms with Gasteiger partial charge >= 0.3 is 0 Å². The van der Waals surface area contributed by atoms with Gasteiger partial charge in [-0.2, -0.15) is 0 Å². The predicted octanol–water partition coefficient (Wildman–Crippen LogP) is 1.52. The summed E-state index contributed by atoms with van der Waals surface area (Å²) in [4.78, 5) is 42.1. The summed E-state index contributed by atoms with van der Waals surface area (Å²) in [7, 11) is 0. The van der Waals surface area contributed by atoms with Crippen molar-refractivity contribution in [1.82, 2.24) is 14.7 Å². The van der Waals surface area contributed by atoms with Gasteiger partial charge in [0.05, 0.1) is 16.8 Å². The highest BCUT2D eigenvalue weighted by Crippen LogP contribution is 2.52. The number of hydrogen-bond donors (Lipinski definition) is 0. The summed E-state index contributed by atoms with van der Waals surface area (Å²) < 4.78 is 0. The Hall–Kier alpha value is -2.58. The second kappa shape index (κ2) is 7.59. The molecule has 8 heteroatoms. The highest BCUT2D eigenvalue weighted by molar-refractivity contribution is 6.06. The van der Waals surface area contributed by atoms with Crippen molar-refractivity contribution in [2.75, 3.05) is 39.3 Å². The maximum absolute atomic E-state index is 12.8. The Balaban J connectivity index is 1.09. The lowest BCUT2D eigenvalue weighted by Crippen LogP contribution is -2.48. The normalized spacial score (nSPS) is 31.0. The van der Waals surface area contributed by atoms with Crippen LogP contribution in [0.3, 0.4) is 0 Å². The minimum atomic E-state index is -0.382. The van der Waals surface area contributed by atoms with Crippen molar-refractivity contribution < 1.29 is 14.5 Å². The first-order valence-corrected chi connectivity index (χ1v) is 10.7. The van der Waals surface area contributed by atoms with E-state index < -0.39 is 0 Å². The molecule has 3 fully saturated rings. The van der Waals surface area contributed by atoms with Gasteiger partial charge in [-0.25, -0.2) is 0 Å². The van der Waals surface area contributed by atoms with Crippen LogP contribution in [0.1, 0.15) is 12.0 Å². The Kier molecular flexibility index (Phi) is 4.91. The lowest BCUT2D eigenvalue weighted by Gasteiger charge is -2.35. The zero-order valence-corrected chi connectivity index (χ0v) is 16.9. The number of rotatable bonds is 6. The molecule has 0 radical (unpaired) electrons. The molecule has 2 aliphatic heterocycles. The third-order valence-electron chi connectivity index (χ3n) is 7.22. The van der Waals surface area contributed by atoms with Crippen molar-refractivity contribution in [1.29, 1.82) is 0 Å². The Morgan fingerprint density at radius 3 is 2.00 bits per heavy atom. The van der Waals surface area contributed by atoms with Crippen molar-refractivity contribution >= 4 is 17.5 Å². The number of carbonyl (C=O) groups is 2. The van der Waals surface area contributed by atoms with Crippen LogP contribution in [-0.2, 0) is 16.1 Å². The lowest BCUT2D eigenvalue weighted by molar-refractivity contribution is -0.384. The summed E-state index contributed by atoms with van der Waals surface area (Å²) in [5.41, 5.74) is 1.18. The van der Waals surface area contributed by atoms with E-state index in [9.17, 15) is 19.7 Å². The number of benzene rings is 1. The first kappa shape index (κ1) is 19.4. The van der Waals surface area contributed by atoms with Crippen LogP contribution in [0.25, 0.3) is 0 Å². The summed E-state index contributed by atoms with van der Waals surface area (Å²) >= 11 is 0. The number of piperazine rings is 1. The molecule has 0 N–H and O–H groups in total. The number of fused-ring (bicyclic) bond motifs is 5. The number of imide groups is 1. The topological polar surface area (TPSA) is 87.0 Å². The Bertz CT molecular complexity index is 861. The predicted molar refractivity (Wildman–Crippen MR) is 109 cm³/mol.